The molecule has 1 atom stereocenters. The minimum atomic E-state index is -4.55. The third-order valence-corrected chi connectivity index (χ3v) is 4.05. The maximum absolute atomic E-state index is 12.7. The van der Waals surface area contributed by atoms with Gasteiger partial charge < -0.3 is 9.47 Å². The largest absolute Gasteiger partial charge is 0.456 e. The van der Waals surface area contributed by atoms with Crippen LogP contribution in [0.4, 0.5) is 13.2 Å². The number of Topliss-reactive ketones (excluding diaryl/α,β-unsaturated/α-hetero) is 1. The van der Waals surface area contributed by atoms with Gasteiger partial charge >= 0.3 is 11.9 Å². The van der Waals surface area contributed by atoms with E-state index in [-0.39, 0.29) is 22.1 Å². The predicted molar refractivity (Wildman–Crippen MR) is 89.7 cm³/mol. The smallest absolute Gasteiger partial charge is 0.416 e. The molecule has 2 aromatic rings. The highest BCUT2D eigenvalue weighted by molar-refractivity contribution is 6.32. The molecule has 27 heavy (non-hydrogen) atoms. The molecule has 0 bridgehead atoms. The van der Waals surface area contributed by atoms with Gasteiger partial charge in [0.15, 0.2) is 0 Å². The van der Waals surface area contributed by atoms with Crippen molar-refractivity contribution in [3.05, 3.63) is 68.7 Å². The molecular formula is C17H13ClF3NO5. The van der Waals surface area contributed by atoms with Gasteiger partial charge in [-0.05, 0) is 30.3 Å². The highest BCUT2D eigenvalue weighted by Gasteiger charge is 2.46. The van der Waals surface area contributed by atoms with E-state index in [1.54, 1.807) is 0 Å². The van der Waals surface area contributed by atoms with Gasteiger partial charge in [-0.2, -0.15) is 13.2 Å². The Morgan fingerprint density at radius 1 is 1.19 bits per heavy atom. The number of ketones is 1. The zero-order valence-corrected chi connectivity index (χ0v) is 14.8. The first-order chi connectivity index (χ1) is 12.5. The summed E-state index contributed by atoms with van der Waals surface area (Å²) in [6.45, 7) is 1.01. The van der Waals surface area contributed by atoms with Crippen LogP contribution in [0.5, 0.6) is 11.5 Å². The summed E-state index contributed by atoms with van der Waals surface area (Å²) >= 11 is 5.82. The lowest BCUT2D eigenvalue weighted by molar-refractivity contribution is -0.599. The average Bonchev–Trinajstić information content (AvgIpc) is 2.61. The van der Waals surface area contributed by atoms with E-state index in [1.165, 1.54) is 24.3 Å². The second-order valence-electron chi connectivity index (χ2n) is 5.55. The molecule has 0 spiro atoms. The van der Waals surface area contributed by atoms with Crippen LogP contribution in [0.3, 0.4) is 0 Å². The normalized spacial score (nSPS) is 13.7. The van der Waals surface area contributed by atoms with Crippen LogP contribution >= 0.6 is 11.6 Å². The summed E-state index contributed by atoms with van der Waals surface area (Å²) in [5, 5.41) is 10.8. The zero-order chi connectivity index (χ0) is 20.4. The van der Waals surface area contributed by atoms with Crippen molar-refractivity contribution in [2.75, 3.05) is 7.11 Å². The Morgan fingerprint density at radius 2 is 1.85 bits per heavy atom. The average molecular weight is 404 g/mol. The van der Waals surface area contributed by atoms with Crippen molar-refractivity contribution in [3.8, 4) is 11.5 Å². The molecule has 2 rings (SSSR count). The molecule has 0 aliphatic heterocycles. The molecule has 0 N–H and O–H groups in total. The summed E-state index contributed by atoms with van der Waals surface area (Å²) < 4.78 is 48.2. The first-order valence-electron chi connectivity index (χ1n) is 7.38. The lowest BCUT2D eigenvalue weighted by Crippen LogP contribution is -2.45. The minimum absolute atomic E-state index is 0.0595. The molecule has 1 unspecified atom stereocenters. The lowest BCUT2D eigenvalue weighted by Gasteiger charge is -2.17. The van der Waals surface area contributed by atoms with Gasteiger partial charge in [0, 0.05) is 19.6 Å². The van der Waals surface area contributed by atoms with Crippen molar-refractivity contribution < 1.29 is 32.4 Å². The second kappa shape index (κ2) is 7.53. The molecule has 2 aromatic carbocycles. The van der Waals surface area contributed by atoms with Crippen molar-refractivity contribution in [2.24, 2.45) is 0 Å². The second-order valence-corrected chi connectivity index (χ2v) is 5.95. The molecule has 0 heterocycles. The van der Waals surface area contributed by atoms with Crippen molar-refractivity contribution in [3.63, 3.8) is 0 Å². The Hall–Kier alpha value is -2.65. The summed E-state index contributed by atoms with van der Waals surface area (Å²) in [5.41, 5.74) is -3.30. The van der Waals surface area contributed by atoms with Gasteiger partial charge in [-0.25, -0.2) is 0 Å². The zero-order valence-electron chi connectivity index (χ0n) is 14.0. The number of carbonyl (C=O) groups excluding carboxylic acids is 1. The van der Waals surface area contributed by atoms with Crippen LogP contribution in [0, 0.1) is 10.1 Å². The number of methoxy groups -OCH3 is 1. The van der Waals surface area contributed by atoms with Gasteiger partial charge in [0.05, 0.1) is 15.5 Å². The number of hydrogen-bond donors (Lipinski definition) is 0. The third kappa shape index (κ3) is 4.37. The van der Waals surface area contributed by atoms with Crippen LogP contribution in [0.15, 0.2) is 42.5 Å². The van der Waals surface area contributed by atoms with E-state index in [2.05, 4.69) is 0 Å². The summed E-state index contributed by atoms with van der Waals surface area (Å²) in [5.74, 6) is -0.929. The number of nitro groups is 1. The van der Waals surface area contributed by atoms with Crippen molar-refractivity contribution in [1.82, 2.24) is 0 Å². The SMILES string of the molecule is COC(C)(C(=O)c1cccc(Oc2ccc(C(F)(F)F)cc2Cl)c1)[N+](=O)[O-]. The molecule has 144 valence electrons. The number of hydrogen-bond acceptors (Lipinski definition) is 5. The maximum atomic E-state index is 12.7. The lowest BCUT2D eigenvalue weighted by atomic mass is 10.0. The van der Waals surface area contributed by atoms with Crippen LogP contribution < -0.4 is 4.74 Å². The fourth-order valence-corrected chi connectivity index (χ4v) is 2.32. The highest BCUT2D eigenvalue weighted by atomic mass is 35.5. The van der Waals surface area contributed by atoms with E-state index in [0.717, 1.165) is 26.2 Å². The highest BCUT2D eigenvalue weighted by Crippen LogP contribution is 2.36. The monoisotopic (exact) mass is 403 g/mol. The van der Waals surface area contributed by atoms with Crippen molar-refractivity contribution in [2.45, 2.75) is 18.8 Å². The van der Waals surface area contributed by atoms with E-state index in [0.29, 0.717) is 6.07 Å². The van der Waals surface area contributed by atoms with Crippen LogP contribution in [0.2, 0.25) is 5.02 Å². The molecule has 0 saturated carbocycles. The fourth-order valence-electron chi connectivity index (χ4n) is 2.11. The fraction of sp³-hybridized carbons (Fsp3) is 0.235. The number of ether oxygens (including phenoxy) is 2. The molecule has 0 aromatic heterocycles. The summed E-state index contributed by atoms with van der Waals surface area (Å²) in [6, 6.07) is 7.89. The third-order valence-electron chi connectivity index (χ3n) is 3.75. The first-order valence-corrected chi connectivity index (χ1v) is 7.76. The summed E-state index contributed by atoms with van der Waals surface area (Å²) in [4.78, 5) is 22.6. The molecule has 0 radical (unpaired) electrons. The number of carbonyl (C=O) groups is 1. The quantitative estimate of drug-likeness (QED) is 0.294. The molecule has 6 nitrogen and oxygen atoms in total. The summed E-state index contributed by atoms with van der Waals surface area (Å²) in [6.07, 6.45) is -4.55. The van der Waals surface area contributed by atoms with Crippen molar-refractivity contribution in [1.29, 1.82) is 0 Å². The number of halogens is 4. The standard InChI is InChI=1S/C17H13ClF3NO5/c1-16(26-2,22(24)25)15(23)10-4-3-5-12(8-10)27-14-7-6-11(9-13(14)18)17(19,20)21/h3-9H,1-2H3. The maximum Gasteiger partial charge on any atom is 0.416 e. The Morgan fingerprint density at radius 3 is 2.37 bits per heavy atom. The Labute approximate surface area is 156 Å². The van der Waals surface area contributed by atoms with E-state index in [1.807, 2.05) is 0 Å². The van der Waals surface area contributed by atoms with Crippen LogP contribution in [-0.4, -0.2) is 23.5 Å². The predicted octanol–water partition coefficient (Wildman–Crippen LogP) is 4.97. The summed E-state index contributed by atoms with van der Waals surface area (Å²) in [7, 11) is 1.03. The molecule has 10 heteroatoms. The van der Waals surface area contributed by atoms with E-state index < -0.39 is 28.2 Å². The number of rotatable bonds is 6. The Bertz CT molecular complexity index is 887. The van der Waals surface area contributed by atoms with Gasteiger partial charge in [-0.1, -0.05) is 23.7 Å². The number of alkyl halides is 3. The van der Waals surface area contributed by atoms with E-state index in [4.69, 9.17) is 21.1 Å². The van der Waals surface area contributed by atoms with Gasteiger partial charge in [0.1, 0.15) is 11.5 Å². The van der Waals surface area contributed by atoms with Gasteiger partial charge in [0.25, 0.3) is 5.78 Å². The van der Waals surface area contributed by atoms with Gasteiger partial charge in [-0.15, -0.1) is 0 Å². The van der Waals surface area contributed by atoms with Crippen LogP contribution in [0.25, 0.3) is 0 Å². The molecular weight excluding hydrogens is 391 g/mol. The molecule has 0 amide bonds. The van der Waals surface area contributed by atoms with Crippen molar-refractivity contribution >= 4 is 17.4 Å². The van der Waals surface area contributed by atoms with Gasteiger partial charge in [-0.3, -0.25) is 14.9 Å². The van der Waals surface area contributed by atoms with Crippen LogP contribution in [-0.2, 0) is 10.9 Å². The minimum Gasteiger partial charge on any atom is -0.456 e. The first kappa shape index (κ1) is 20.7. The molecule has 0 aliphatic carbocycles. The van der Waals surface area contributed by atoms with Gasteiger partial charge in [0.2, 0.25) is 0 Å². The Balaban J connectivity index is 2.31. The molecule has 0 fully saturated rings. The van der Waals surface area contributed by atoms with E-state index in [9.17, 15) is 28.1 Å². The van der Waals surface area contributed by atoms with Crippen LogP contribution in [0.1, 0.15) is 22.8 Å². The number of nitrogens with zero attached hydrogens (tertiary/aromatic N) is 1. The van der Waals surface area contributed by atoms with E-state index >= 15 is 0 Å². The number of benzene rings is 2. The molecule has 0 saturated heterocycles. The molecule has 0 aliphatic rings. The topological polar surface area (TPSA) is 78.7 Å². The Kier molecular flexibility index (Phi) is 5.76.